The van der Waals surface area contributed by atoms with E-state index in [1.807, 2.05) is 0 Å². The molecule has 2 aromatic carbocycles. The van der Waals surface area contributed by atoms with Crippen LogP contribution in [0.3, 0.4) is 0 Å². The van der Waals surface area contributed by atoms with Gasteiger partial charge in [0.25, 0.3) is 0 Å². The molecule has 293 valence electrons. The van der Waals surface area contributed by atoms with Gasteiger partial charge < -0.3 is 28.6 Å². The van der Waals surface area contributed by atoms with E-state index in [9.17, 15) is 9.90 Å². The first-order chi connectivity index (χ1) is 23.0. The summed E-state index contributed by atoms with van der Waals surface area (Å²) in [5, 5.41) is 10.5. The van der Waals surface area contributed by atoms with Crippen molar-refractivity contribution in [2.45, 2.75) is 189 Å². The second-order valence-corrected chi connectivity index (χ2v) is 19.9. The number of phenols is 1. The number of carbonyl (C=O) groups is 1. The molecule has 0 saturated carbocycles. The fraction of sp³-hybridized carbons (Fsp3) is 0.667. The third-order valence-electron chi connectivity index (χ3n) is 10.2. The fourth-order valence-corrected chi connectivity index (χ4v) is 7.86. The molecule has 3 rings (SSSR count). The Bertz CT molecular complexity index is 1370. The maximum atomic E-state index is 12.8. The monoisotopic (exact) mass is 750 g/mol. The van der Waals surface area contributed by atoms with Crippen molar-refractivity contribution < 1.29 is 34.2 Å². The van der Waals surface area contributed by atoms with Gasteiger partial charge in [0, 0.05) is 30.3 Å². The van der Waals surface area contributed by atoms with Crippen LogP contribution in [0.15, 0.2) is 24.3 Å². The summed E-state index contributed by atoms with van der Waals surface area (Å²) in [6.07, 6.45) is 3.56. The van der Waals surface area contributed by atoms with Gasteiger partial charge in [0.15, 0.2) is 0 Å². The zero-order chi connectivity index (χ0) is 40.1. The Morgan fingerprint density at radius 3 is 1.41 bits per heavy atom. The summed E-state index contributed by atoms with van der Waals surface area (Å²) in [6.45, 7) is 46.3. The quantitative estimate of drug-likeness (QED) is 0.235. The van der Waals surface area contributed by atoms with Gasteiger partial charge in [-0.15, -0.1) is 6.54 Å². The van der Waals surface area contributed by atoms with Crippen molar-refractivity contribution in [3.05, 3.63) is 77.1 Å². The summed E-state index contributed by atoms with van der Waals surface area (Å²) >= 11 is 2.31. The fourth-order valence-electron chi connectivity index (χ4n) is 7.86. The molecule has 0 amide bonds. The Labute approximate surface area is 321 Å². The number of ether oxygens (including phenoxy) is 1. The average Bonchev–Trinajstić information content (AvgIpc) is 2.94. The Hall–Kier alpha value is -2.02. The van der Waals surface area contributed by atoms with Crippen molar-refractivity contribution in [2.75, 3.05) is 6.54 Å². The Morgan fingerprint density at radius 2 is 1.10 bits per heavy atom. The number of esters is 1. The number of carbonyl (C=O) groups excluding carboxylic acids is 1. The van der Waals surface area contributed by atoms with Crippen LogP contribution in [-0.2, 0) is 63.6 Å². The third-order valence-corrected chi connectivity index (χ3v) is 10.2. The normalized spacial score (nSPS) is 16.8. The number of phenolic OH excluding ortho intramolecular Hbond substituents is 1. The van der Waals surface area contributed by atoms with Crippen molar-refractivity contribution in [3.8, 4) is 5.75 Å². The van der Waals surface area contributed by atoms with E-state index >= 15 is 0 Å². The molecule has 0 radical (unpaired) electrons. The molecule has 5 nitrogen and oxygen atoms in total. The molecule has 0 spiro atoms. The van der Waals surface area contributed by atoms with E-state index < -0.39 is 0 Å². The molecule has 51 heavy (non-hydrogen) atoms. The third kappa shape index (κ3) is 12.8. The number of nitrogens with zero attached hydrogens (tertiary/aromatic N) is 1. The summed E-state index contributed by atoms with van der Waals surface area (Å²) < 4.78 is 13.9. The van der Waals surface area contributed by atoms with Crippen LogP contribution in [0.1, 0.15) is 169 Å². The van der Waals surface area contributed by atoms with E-state index in [0.717, 1.165) is 43.4 Å². The van der Waals surface area contributed by atoms with Crippen molar-refractivity contribution in [1.29, 1.82) is 0 Å². The molecule has 0 unspecified atom stereocenters. The maximum absolute atomic E-state index is 12.8. The van der Waals surface area contributed by atoms with Crippen LogP contribution in [0.4, 0.5) is 0 Å². The van der Waals surface area contributed by atoms with Crippen LogP contribution in [0.5, 0.6) is 5.75 Å². The molecule has 1 aliphatic heterocycles. The van der Waals surface area contributed by atoms with Gasteiger partial charge in [0.2, 0.25) is 0 Å². The first kappa shape index (κ1) is 47.0. The first-order valence-corrected chi connectivity index (χ1v) is 19.1. The molecule has 2 aromatic rings. The number of likely N-dealkylation sites (tertiary alicyclic amines) is 1. The van der Waals surface area contributed by atoms with Crippen molar-refractivity contribution in [2.24, 2.45) is 0 Å². The van der Waals surface area contributed by atoms with Gasteiger partial charge in [-0.1, -0.05) is 113 Å². The van der Waals surface area contributed by atoms with Crippen LogP contribution in [0, 0.1) is 20.8 Å². The standard InChI is InChI=1S/C29H48NO2.C16H25O.Co.O/c1-13-30-28(9,10)18-22(19-29(30,11)12)32-25(31)15-14-21-16-23(26(3,4)5)20(2)24(17-21)27(6,7)8;1-8-11-9-12(15(2,3)4)14(17)13(10-11)16(5,6)7;;/h16-17,22H,1,13-15,18-19H2,2-12H3;9-10,17H,1,8H2,2-7H3;;/q2*-1;;. The molecule has 1 fully saturated rings. The van der Waals surface area contributed by atoms with Gasteiger partial charge in [-0.05, 0) is 96.1 Å². The van der Waals surface area contributed by atoms with Crippen LogP contribution in [-0.4, -0.2) is 39.7 Å². The molecule has 0 aromatic heterocycles. The molecule has 6 heteroatoms. The molecule has 1 N–H and O–H groups in total. The van der Waals surface area contributed by atoms with Crippen molar-refractivity contribution >= 4 is 5.97 Å². The molecule has 0 bridgehead atoms. The van der Waals surface area contributed by atoms with Crippen LogP contribution < -0.4 is 0 Å². The van der Waals surface area contributed by atoms with Crippen LogP contribution in [0.2, 0.25) is 0 Å². The average molecular weight is 751 g/mol. The van der Waals surface area contributed by atoms with E-state index in [1.165, 1.54) is 27.8 Å². The number of hydrogen-bond donors (Lipinski definition) is 1. The van der Waals surface area contributed by atoms with Gasteiger partial charge in [-0.2, -0.15) is 6.42 Å². The minimum absolute atomic E-state index is 0.0331. The van der Waals surface area contributed by atoms with Gasteiger partial charge in [0.1, 0.15) is 11.9 Å². The summed E-state index contributed by atoms with van der Waals surface area (Å²) in [5.74, 6) is 0.363. The number of aryl methyl sites for hydroxylation is 1. The molecule has 1 aliphatic rings. The summed E-state index contributed by atoms with van der Waals surface area (Å²) in [6, 6.07) is 8.77. The zero-order valence-corrected chi connectivity index (χ0v) is 36.5. The number of rotatable bonds is 6. The van der Waals surface area contributed by atoms with Gasteiger partial charge >= 0.3 is 25.5 Å². The van der Waals surface area contributed by atoms with E-state index in [1.54, 1.807) is 0 Å². The summed E-state index contributed by atoms with van der Waals surface area (Å²) in [5.41, 5.74) is 8.56. The van der Waals surface area contributed by atoms with E-state index in [0.29, 0.717) is 12.2 Å². The van der Waals surface area contributed by atoms with Gasteiger partial charge in [-0.3, -0.25) is 4.79 Å². The first-order valence-electron chi connectivity index (χ1n) is 18.7. The Kier molecular flexibility index (Phi) is 16.0. The van der Waals surface area contributed by atoms with Crippen LogP contribution >= 0.6 is 0 Å². The van der Waals surface area contributed by atoms with Gasteiger partial charge in [0.05, 0.1) is 0 Å². The molecular weight excluding hydrogens is 677 g/mol. The number of aromatic hydroxyl groups is 1. The summed E-state index contributed by atoms with van der Waals surface area (Å²) in [7, 11) is 0. The van der Waals surface area contributed by atoms with Crippen molar-refractivity contribution in [3.63, 3.8) is 0 Å². The predicted molar refractivity (Wildman–Crippen MR) is 211 cm³/mol. The van der Waals surface area contributed by atoms with Gasteiger partial charge in [-0.25, -0.2) is 0 Å². The molecule has 0 aliphatic carbocycles. The second-order valence-electron chi connectivity index (χ2n) is 19.9. The zero-order valence-electron chi connectivity index (χ0n) is 35.5. The molecule has 0 atom stereocenters. The van der Waals surface area contributed by atoms with E-state index in [4.69, 9.17) is 8.60 Å². The second kappa shape index (κ2) is 17.4. The van der Waals surface area contributed by atoms with E-state index in [-0.39, 0.29) is 44.8 Å². The number of benzene rings is 2. The topological polar surface area (TPSA) is 66.8 Å². The number of hydrogen-bond acceptors (Lipinski definition) is 5. The van der Waals surface area contributed by atoms with Crippen LogP contribution in [0.25, 0.3) is 0 Å². The summed E-state index contributed by atoms with van der Waals surface area (Å²) in [4.78, 5) is 15.3. The molecule has 1 saturated heterocycles. The number of piperidine rings is 1. The molecule has 1 heterocycles. The predicted octanol–water partition coefficient (Wildman–Crippen LogP) is 11.2. The molecular formula is C45H73CoNO4-2. The SMILES string of the molecule is [CH2-]CN1C(C)(C)CC(OC(=O)CCc2cc(C(C)(C)C)c(C)c(C(C)(C)C)c2)CC1(C)C.[CH2-]Cc1cc(C(C)(C)C)c(O)c(C(C)(C)C)c1.[O]=[Co]. The van der Waals surface area contributed by atoms with Crippen molar-refractivity contribution in [1.82, 2.24) is 4.90 Å². The van der Waals surface area contributed by atoms with E-state index in [2.05, 4.69) is 176 Å². The minimum atomic E-state index is -0.0835. The Balaban J connectivity index is 0.000000576. The Morgan fingerprint density at radius 1 is 0.745 bits per heavy atom.